The quantitative estimate of drug-likeness (QED) is 0.740. The van der Waals surface area contributed by atoms with Crippen LogP contribution in [-0.4, -0.2) is 41.0 Å². The van der Waals surface area contributed by atoms with E-state index < -0.39 is 0 Å². The van der Waals surface area contributed by atoms with Crippen molar-refractivity contribution in [3.63, 3.8) is 0 Å². The molecule has 1 aliphatic heterocycles. The molecule has 0 bridgehead atoms. The molecule has 2 aromatic carbocycles. The summed E-state index contributed by atoms with van der Waals surface area (Å²) in [6.07, 6.45) is 1.77. The van der Waals surface area contributed by atoms with Crippen LogP contribution in [0, 0.1) is 0 Å². The first kappa shape index (κ1) is 16.6. The Balaban J connectivity index is 1.53. The lowest BCUT2D eigenvalue weighted by Crippen LogP contribution is -2.22. The van der Waals surface area contributed by atoms with Crippen molar-refractivity contribution in [1.82, 2.24) is 20.1 Å². The molecular formula is C20H22N4O2. The highest BCUT2D eigenvalue weighted by atomic mass is 16.7. The largest absolute Gasteiger partial charge is 0.454 e. The van der Waals surface area contributed by atoms with E-state index in [1.165, 1.54) is 5.56 Å². The Hall–Kier alpha value is -2.86. The van der Waals surface area contributed by atoms with Gasteiger partial charge in [-0.05, 0) is 43.8 Å². The minimum absolute atomic E-state index is 0.0498. The summed E-state index contributed by atoms with van der Waals surface area (Å²) in [6.45, 7) is 0.274. The van der Waals surface area contributed by atoms with Gasteiger partial charge in [0.2, 0.25) is 6.79 Å². The molecule has 1 aromatic heterocycles. The van der Waals surface area contributed by atoms with Crippen molar-refractivity contribution in [2.75, 3.05) is 20.9 Å². The molecule has 26 heavy (non-hydrogen) atoms. The Kier molecular flexibility index (Phi) is 4.58. The molecule has 1 atom stereocenters. The maximum absolute atomic E-state index is 5.51. The zero-order valence-corrected chi connectivity index (χ0v) is 15.0. The number of nitrogens with one attached hydrogen (secondary N) is 1. The van der Waals surface area contributed by atoms with Crippen molar-refractivity contribution in [2.24, 2.45) is 0 Å². The lowest BCUT2D eigenvalue weighted by Gasteiger charge is -2.22. The van der Waals surface area contributed by atoms with Crippen molar-refractivity contribution < 1.29 is 9.47 Å². The van der Waals surface area contributed by atoms with Gasteiger partial charge in [0.1, 0.15) is 5.82 Å². The van der Waals surface area contributed by atoms with Gasteiger partial charge >= 0.3 is 0 Å². The predicted octanol–water partition coefficient (Wildman–Crippen LogP) is 2.97. The number of ether oxygens (including phenoxy) is 2. The topological polar surface area (TPSA) is 63.3 Å². The van der Waals surface area contributed by atoms with Crippen molar-refractivity contribution in [3.8, 4) is 11.5 Å². The van der Waals surface area contributed by atoms with Crippen molar-refractivity contribution in [2.45, 2.75) is 18.9 Å². The highest BCUT2D eigenvalue weighted by molar-refractivity contribution is 5.46. The average molecular weight is 350 g/mol. The van der Waals surface area contributed by atoms with E-state index in [1.54, 1.807) is 0 Å². The number of fused-ring (bicyclic) bond motifs is 1. The highest BCUT2D eigenvalue weighted by Gasteiger charge is 2.24. The van der Waals surface area contributed by atoms with E-state index >= 15 is 0 Å². The zero-order chi connectivity index (χ0) is 17.9. The van der Waals surface area contributed by atoms with Crippen molar-refractivity contribution in [3.05, 3.63) is 71.3 Å². The van der Waals surface area contributed by atoms with Crippen LogP contribution in [0.15, 0.2) is 48.5 Å². The van der Waals surface area contributed by atoms with E-state index in [0.717, 1.165) is 41.6 Å². The Morgan fingerprint density at radius 1 is 1.04 bits per heavy atom. The Morgan fingerprint density at radius 3 is 2.65 bits per heavy atom. The molecule has 2 heterocycles. The molecule has 0 fully saturated rings. The monoisotopic (exact) mass is 350 g/mol. The number of nitrogens with zero attached hydrogens (tertiary/aromatic N) is 3. The van der Waals surface area contributed by atoms with Crippen LogP contribution in [0.5, 0.6) is 11.5 Å². The first-order valence-electron chi connectivity index (χ1n) is 8.72. The number of hydrogen-bond acceptors (Lipinski definition) is 5. The maximum Gasteiger partial charge on any atom is 0.231 e. The molecule has 0 unspecified atom stereocenters. The van der Waals surface area contributed by atoms with Gasteiger partial charge in [-0.2, -0.15) is 5.10 Å². The number of hydrogen-bond donors (Lipinski definition) is 1. The molecule has 0 aliphatic carbocycles. The molecule has 0 saturated carbocycles. The van der Waals surface area contributed by atoms with Crippen LogP contribution in [0.1, 0.15) is 28.8 Å². The van der Waals surface area contributed by atoms with Gasteiger partial charge in [-0.25, -0.2) is 4.98 Å². The molecule has 0 amide bonds. The maximum atomic E-state index is 5.51. The summed E-state index contributed by atoms with van der Waals surface area (Å²) >= 11 is 0. The molecular weight excluding hydrogens is 328 g/mol. The summed E-state index contributed by atoms with van der Waals surface area (Å²) < 4.78 is 10.9. The third-order valence-electron chi connectivity index (χ3n) is 4.52. The summed E-state index contributed by atoms with van der Waals surface area (Å²) in [4.78, 5) is 6.84. The summed E-state index contributed by atoms with van der Waals surface area (Å²) in [5, 5.41) is 7.56. The SMILES string of the molecule is CN(C)[C@@H](c1ccc2c(c1)OCO2)c1n[nH]c(CCc2ccccc2)n1. The number of benzene rings is 2. The van der Waals surface area contributed by atoms with E-state index in [2.05, 4.69) is 39.4 Å². The second kappa shape index (κ2) is 7.17. The number of H-pyrrole nitrogens is 1. The van der Waals surface area contributed by atoms with E-state index in [9.17, 15) is 0 Å². The van der Waals surface area contributed by atoms with Crippen LogP contribution in [-0.2, 0) is 12.8 Å². The fraction of sp³-hybridized carbons (Fsp3) is 0.300. The van der Waals surface area contributed by atoms with Gasteiger partial charge in [0.25, 0.3) is 0 Å². The molecule has 1 aliphatic rings. The molecule has 134 valence electrons. The smallest absolute Gasteiger partial charge is 0.231 e. The molecule has 0 saturated heterocycles. The lowest BCUT2D eigenvalue weighted by atomic mass is 10.0. The second-order valence-electron chi connectivity index (χ2n) is 6.60. The third-order valence-corrected chi connectivity index (χ3v) is 4.52. The van der Waals surface area contributed by atoms with Crippen LogP contribution in [0.3, 0.4) is 0 Å². The fourth-order valence-corrected chi connectivity index (χ4v) is 3.21. The van der Waals surface area contributed by atoms with Crippen LogP contribution in [0.25, 0.3) is 0 Å². The Bertz CT molecular complexity index is 877. The van der Waals surface area contributed by atoms with Gasteiger partial charge in [0.15, 0.2) is 17.3 Å². The Morgan fingerprint density at radius 2 is 1.85 bits per heavy atom. The lowest BCUT2D eigenvalue weighted by molar-refractivity contribution is 0.174. The number of rotatable bonds is 6. The third kappa shape index (κ3) is 3.41. The van der Waals surface area contributed by atoms with Crippen LogP contribution in [0.2, 0.25) is 0 Å². The molecule has 0 radical (unpaired) electrons. The van der Waals surface area contributed by atoms with E-state index in [1.807, 2.05) is 38.4 Å². The van der Waals surface area contributed by atoms with Gasteiger partial charge in [0, 0.05) is 6.42 Å². The number of aryl methyl sites for hydroxylation is 2. The number of aromatic amines is 1. The molecule has 0 spiro atoms. The summed E-state index contributed by atoms with van der Waals surface area (Å²) in [6, 6.07) is 16.3. The summed E-state index contributed by atoms with van der Waals surface area (Å²) in [5.41, 5.74) is 2.37. The minimum atomic E-state index is -0.0498. The van der Waals surface area contributed by atoms with Gasteiger partial charge in [-0.15, -0.1) is 0 Å². The molecule has 6 nitrogen and oxygen atoms in total. The average Bonchev–Trinajstić information content (AvgIpc) is 3.30. The van der Waals surface area contributed by atoms with E-state index in [0.29, 0.717) is 0 Å². The molecule has 3 aromatic rings. The minimum Gasteiger partial charge on any atom is -0.454 e. The fourth-order valence-electron chi connectivity index (χ4n) is 3.21. The molecule has 1 N–H and O–H groups in total. The van der Waals surface area contributed by atoms with Crippen molar-refractivity contribution >= 4 is 0 Å². The first-order chi connectivity index (χ1) is 12.7. The van der Waals surface area contributed by atoms with E-state index in [-0.39, 0.29) is 12.8 Å². The van der Waals surface area contributed by atoms with Gasteiger partial charge in [0.05, 0.1) is 6.04 Å². The predicted molar refractivity (Wildman–Crippen MR) is 98.3 cm³/mol. The van der Waals surface area contributed by atoms with Crippen LogP contribution < -0.4 is 9.47 Å². The summed E-state index contributed by atoms with van der Waals surface area (Å²) in [7, 11) is 4.05. The molecule has 6 heteroatoms. The normalized spacial score (nSPS) is 14.0. The van der Waals surface area contributed by atoms with Crippen LogP contribution in [0.4, 0.5) is 0 Å². The van der Waals surface area contributed by atoms with Gasteiger partial charge in [-0.1, -0.05) is 36.4 Å². The highest BCUT2D eigenvalue weighted by Crippen LogP contribution is 2.36. The zero-order valence-electron chi connectivity index (χ0n) is 15.0. The molecule has 4 rings (SSSR count). The Labute approximate surface area is 152 Å². The summed E-state index contributed by atoms with van der Waals surface area (Å²) in [5.74, 6) is 3.22. The number of aromatic nitrogens is 3. The van der Waals surface area contributed by atoms with E-state index in [4.69, 9.17) is 14.5 Å². The standard InChI is InChI=1S/C20H22N4O2/c1-24(2)19(15-9-10-16-17(12-15)26-13-25-16)20-21-18(22-23-20)11-8-14-6-4-3-5-7-14/h3-7,9-10,12,19H,8,11,13H2,1-2H3,(H,21,22,23)/t19-/m0/s1. The van der Waals surface area contributed by atoms with Crippen LogP contribution >= 0.6 is 0 Å². The van der Waals surface area contributed by atoms with Gasteiger partial charge < -0.3 is 9.47 Å². The van der Waals surface area contributed by atoms with Crippen molar-refractivity contribution in [1.29, 1.82) is 0 Å². The first-order valence-corrected chi connectivity index (χ1v) is 8.72. The second-order valence-corrected chi connectivity index (χ2v) is 6.60. The van der Waals surface area contributed by atoms with Gasteiger partial charge in [-0.3, -0.25) is 10.00 Å².